The molecule has 0 N–H and O–H groups in total. The normalized spacial score (nSPS) is 11.9. The zero-order chi connectivity index (χ0) is 23.5. The standard InChI is InChI=1S/C26H21FN2O5/c1-31-22-4-2-3-19(12-22)24-13-21(28-34-24)15-29(26(30)18-6-8-20(27)9-7-18)14-17-5-10-23-25(11-17)33-16-32-23/h2-13H,14-16H2,1H3. The van der Waals surface area contributed by atoms with Crippen LogP contribution in [0.15, 0.2) is 77.3 Å². The quantitative estimate of drug-likeness (QED) is 0.384. The Bertz CT molecular complexity index is 1320. The fourth-order valence-corrected chi connectivity index (χ4v) is 3.73. The molecule has 2 heterocycles. The van der Waals surface area contributed by atoms with E-state index in [4.69, 9.17) is 18.7 Å². The highest BCUT2D eigenvalue weighted by molar-refractivity contribution is 5.94. The van der Waals surface area contributed by atoms with Crippen molar-refractivity contribution < 1.29 is 27.9 Å². The van der Waals surface area contributed by atoms with Crippen molar-refractivity contribution in [2.45, 2.75) is 13.1 Å². The van der Waals surface area contributed by atoms with E-state index in [0.29, 0.717) is 34.3 Å². The molecule has 8 heteroatoms. The Morgan fingerprint density at radius 3 is 2.65 bits per heavy atom. The lowest BCUT2D eigenvalue weighted by atomic mass is 10.1. The number of ether oxygens (including phenoxy) is 3. The zero-order valence-corrected chi connectivity index (χ0v) is 18.4. The van der Waals surface area contributed by atoms with Gasteiger partial charge in [-0.3, -0.25) is 4.79 Å². The predicted molar refractivity (Wildman–Crippen MR) is 121 cm³/mol. The number of amides is 1. The van der Waals surface area contributed by atoms with Gasteiger partial charge in [-0.05, 0) is 54.1 Å². The fourth-order valence-electron chi connectivity index (χ4n) is 3.73. The van der Waals surface area contributed by atoms with Gasteiger partial charge in [-0.2, -0.15) is 0 Å². The minimum atomic E-state index is -0.404. The molecule has 0 saturated carbocycles. The van der Waals surface area contributed by atoms with Crippen LogP contribution in [-0.2, 0) is 13.1 Å². The lowest BCUT2D eigenvalue weighted by Crippen LogP contribution is -2.30. The SMILES string of the molecule is COc1cccc(-c2cc(CN(Cc3ccc4c(c3)OCO4)C(=O)c3ccc(F)cc3)no2)c1. The van der Waals surface area contributed by atoms with Crippen LogP contribution < -0.4 is 14.2 Å². The Labute approximate surface area is 195 Å². The second-order valence-corrected chi connectivity index (χ2v) is 7.77. The molecule has 34 heavy (non-hydrogen) atoms. The van der Waals surface area contributed by atoms with E-state index >= 15 is 0 Å². The van der Waals surface area contributed by atoms with Crippen molar-refractivity contribution in [3.8, 4) is 28.6 Å². The molecule has 0 saturated heterocycles. The molecule has 0 aliphatic carbocycles. The number of benzene rings is 3. The van der Waals surface area contributed by atoms with Gasteiger partial charge in [0.05, 0.1) is 13.7 Å². The first-order valence-electron chi connectivity index (χ1n) is 10.6. The largest absolute Gasteiger partial charge is 0.497 e. The van der Waals surface area contributed by atoms with E-state index in [1.54, 1.807) is 18.1 Å². The van der Waals surface area contributed by atoms with Crippen molar-refractivity contribution in [3.63, 3.8) is 0 Å². The Morgan fingerprint density at radius 1 is 1.00 bits per heavy atom. The molecule has 3 aromatic carbocycles. The summed E-state index contributed by atoms with van der Waals surface area (Å²) < 4.78 is 35.1. The summed E-state index contributed by atoms with van der Waals surface area (Å²) in [6, 6.07) is 20.2. The number of methoxy groups -OCH3 is 1. The van der Waals surface area contributed by atoms with Gasteiger partial charge < -0.3 is 23.6 Å². The van der Waals surface area contributed by atoms with Crippen molar-refractivity contribution in [1.29, 1.82) is 0 Å². The van der Waals surface area contributed by atoms with Crippen molar-refractivity contribution in [3.05, 3.63) is 95.4 Å². The molecule has 0 bridgehead atoms. The van der Waals surface area contributed by atoms with Crippen LogP contribution in [0.5, 0.6) is 17.2 Å². The van der Waals surface area contributed by atoms with E-state index in [2.05, 4.69) is 5.16 Å². The monoisotopic (exact) mass is 460 g/mol. The molecule has 1 aliphatic rings. The summed E-state index contributed by atoms with van der Waals surface area (Å²) in [6.07, 6.45) is 0. The zero-order valence-electron chi connectivity index (χ0n) is 18.4. The van der Waals surface area contributed by atoms with Crippen molar-refractivity contribution in [1.82, 2.24) is 10.1 Å². The van der Waals surface area contributed by atoms with Gasteiger partial charge in [-0.1, -0.05) is 23.4 Å². The predicted octanol–water partition coefficient (Wildman–Crippen LogP) is 5.06. The van der Waals surface area contributed by atoms with Crippen LogP contribution in [0.25, 0.3) is 11.3 Å². The summed E-state index contributed by atoms with van der Waals surface area (Å²) in [5.74, 6) is 1.90. The third-order valence-electron chi connectivity index (χ3n) is 5.45. The fraction of sp³-hybridized carbons (Fsp3) is 0.154. The molecular weight excluding hydrogens is 439 g/mol. The van der Waals surface area contributed by atoms with Gasteiger partial charge in [0.2, 0.25) is 6.79 Å². The number of carbonyl (C=O) groups excluding carboxylic acids is 1. The molecule has 1 aliphatic heterocycles. The number of hydrogen-bond acceptors (Lipinski definition) is 6. The smallest absolute Gasteiger partial charge is 0.254 e. The summed E-state index contributed by atoms with van der Waals surface area (Å²) in [7, 11) is 1.60. The van der Waals surface area contributed by atoms with E-state index < -0.39 is 5.82 Å². The van der Waals surface area contributed by atoms with Crippen molar-refractivity contribution in [2.75, 3.05) is 13.9 Å². The van der Waals surface area contributed by atoms with Crippen molar-refractivity contribution in [2.24, 2.45) is 0 Å². The molecule has 0 atom stereocenters. The Morgan fingerprint density at radius 2 is 1.82 bits per heavy atom. The van der Waals surface area contributed by atoms with Gasteiger partial charge >= 0.3 is 0 Å². The van der Waals surface area contributed by atoms with Crippen molar-refractivity contribution >= 4 is 5.91 Å². The maximum absolute atomic E-state index is 13.4. The van der Waals surface area contributed by atoms with E-state index in [-0.39, 0.29) is 25.8 Å². The minimum Gasteiger partial charge on any atom is -0.497 e. The van der Waals surface area contributed by atoms with Crippen LogP contribution in [0.3, 0.4) is 0 Å². The topological polar surface area (TPSA) is 74.0 Å². The van der Waals surface area contributed by atoms with Gasteiger partial charge in [0, 0.05) is 23.7 Å². The highest BCUT2D eigenvalue weighted by Gasteiger charge is 2.21. The molecule has 4 aromatic rings. The highest BCUT2D eigenvalue weighted by atomic mass is 19.1. The number of nitrogens with zero attached hydrogens (tertiary/aromatic N) is 2. The van der Waals surface area contributed by atoms with Crippen LogP contribution in [0.1, 0.15) is 21.6 Å². The number of hydrogen-bond donors (Lipinski definition) is 0. The molecule has 172 valence electrons. The molecule has 0 unspecified atom stereocenters. The summed E-state index contributed by atoms with van der Waals surface area (Å²) in [5, 5.41) is 4.16. The molecule has 0 fully saturated rings. The van der Waals surface area contributed by atoms with Crippen LogP contribution in [0, 0.1) is 5.82 Å². The van der Waals surface area contributed by atoms with Gasteiger partial charge in [0.25, 0.3) is 5.91 Å². The van der Waals surface area contributed by atoms with Crippen LogP contribution >= 0.6 is 0 Å². The lowest BCUT2D eigenvalue weighted by Gasteiger charge is -2.22. The molecule has 0 radical (unpaired) electrons. The first-order chi connectivity index (χ1) is 16.6. The molecule has 1 amide bonds. The van der Waals surface area contributed by atoms with Crippen LogP contribution in [0.4, 0.5) is 4.39 Å². The molecular formula is C26H21FN2O5. The number of fused-ring (bicyclic) bond motifs is 1. The van der Waals surface area contributed by atoms with Crippen LogP contribution in [-0.4, -0.2) is 29.9 Å². The van der Waals surface area contributed by atoms with Crippen LogP contribution in [0.2, 0.25) is 0 Å². The number of carbonyl (C=O) groups is 1. The Balaban J connectivity index is 1.41. The van der Waals surface area contributed by atoms with E-state index in [1.807, 2.05) is 42.5 Å². The van der Waals surface area contributed by atoms with E-state index in [1.165, 1.54) is 24.3 Å². The average molecular weight is 460 g/mol. The molecule has 7 nitrogen and oxygen atoms in total. The second-order valence-electron chi connectivity index (χ2n) is 7.77. The second kappa shape index (κ2) is 9.27. The maximum atomic E-state index is 13.4. The average Bonchev–Trinajstić information content (AvgIpc) is 3.53. The first-order valence-corrected chi connectivity index (χ1v) is 10.6. The van der Waals surface area contributed by atoms with Gasteiger partial charge in [0.15, 0.2) is 17.3 Å². The third kappa shape index (κ3) is 4.56. The maximum Gasteiger partial charge on any atom is 0.254 e. The Kier molecular flexibility index (Phi) is 5.86. The van der Waals surface area contributed by atoms with Gasteiger partial charge in [-0.25, -0.2) is 4.39 Å². The van der Waals surface area contributed by atoms with E-state index in [9.17, 15) is 9.18 Å². The lowest BCUT2D eigenvalue weighted by molar-refractivity contribution is 0.0726. The summed E-state index contributed by atoms with van der Waals surface area (Å²) >= 11 is 0. The summed E-state index contributed by atoms with van der Waals surface area (Å²) in [4.78, 5) is 15.0. The number of aromatic nitrogens is 1. The summed E-state index contributed by atoms with van der Waals surface area (Å²) in [6.45, 7) is 0.648. The van der Waals surface area contributed by atoms with E-state index in [0.717, 1.165) is 11.1 Å². The number of rotatable bonds is 7. The van der Waals surface area contributed by atoms with Gasteiger partial charge in [0.1, 0.15) is 17.3 Å². The number of halogens is 1. The first kappa shape index (κ1) is 21.5. The third-order valence-corrected chi connectivity index (χ3v) is 5.45. The minimum absolute atomic E-state index is 0.170. The van der Waals surface area contributed by atoms with Gasteiger partial charge in [-0.15, -0.1) is 0 Å². The molecule has 0 spiro atoms. The highest BCUT2D eigenvalue weighted by Crippen LogP contribution is 2.33. The Hall–Kier alpha value is -4.33. The summed E-state index contributed by atoms with van der Waals surface area (Å²) in [5.41, 5.74) is 2.62. The molecule has 1 aromatic heterocycles. The molecule has 5 rings (SSSR count).